The molecular weight excluding hydrogens is 331 g/mol. The van der Waals surface area contributed by atoms with E-state index in [9.17, 15) is 9.18 Å². The maximum Gasteiger partial charge on any atom is 0.244 e. The van der Waals surface area contributed by atoms with Gasteiger partial charge in [0.25, 0.3) is 0 Å². The largest absolute Gasteiger partial charge is 0.339 e. The van der Waals surface area contributed by atoms with E-state index >= 15 is 0 Å². The third-order valence-corrected chi connectivity index (χ3v) is 4.63. The highest BCUT2D eigenvalue weighted by Crippen LogP contribution is 2.14. The van der Waals surface area contributed by atoms with Crippen LogP contribution in [0.4, 0.5) is 4.39 Å². The predicted octanol–water partition coefficient (Wildman–Crippen LogP) is 2.33. The minimum Gasteiger partial charge on any atom is -0.339 e. The van der Waals surface area contributed by atoms with Crippen molar-refractivity contribution in [3.05, 3.63) is 52.6 Å². The number of hydrogen-bond acceptors (Lipinski definition) is 3. The van der Waals surface area contributed by atoms with Crippen LogP contribution in [0.2, 0.25) is 5.02 Å². The monoisotopic (exact) mass is 350 g/mol. The van der Waals surface area contributed by atoms with E-state index in [1.807, 2.05) is 17.9 Å². The molecule has 2 heterocycles. The summed E-state index contributed by atoms with van der Waals surface area (Å²) in [5.74, 6) is -0.151. The van der Waals surface area contributed by atoms with Gasteiger partial charge in [-0.1, -0.05) is 29.8 Å². The summed E-state index contributed by atoms with van der Waals surface area (Å²) in [5.41, 5.74) is 1.41. The van der Waals surface area contributed by atoms with Gasteiger partial charge in [-0.2, -0.15) is 5.10 Å². The van der Waals surface area contributed by atoms with Crippen molar-refractivity contribution in [2.45, 2.75) is 20.0 Å². The van der Waals surface area contributed by atoms with Crippen LogP contribution in [0.1, 0.15) is 11.3 Å². The molecule has 0 radical (unpaired) electrons. The maximum atomic E-state index is 13.7. The first-order valence-electron chi connectivity index (χ1n) is 7.96. The highest BCUT2D eigenvalue weighted by Gasteiger charge is 2.22. The molecule has 0 saturated carbocycles. The van der Waals surface area contributed by atoms with Gasteiger partial charge in [0.05, 0.1) is 10.7 Å². The molecule has 1 aliphatic heterocycles. The third kappa shape index (κ3) is 3.94. The van der Waals surface area contributed by atoms with E-state index in [0.717, 1.165) is 18.8 Å². The summed E-state index contributed by atoms with van der Waals surface area (Å²) in [4.78, 5) is 16.3. The molecule has 2 aromatic rings. The summed E-state index contributed by atoms with van der Waals surface area (Å²) >= 11 is 5.96. The van der Waals surface area contributed by atoms with Crippen LogP contribution in [-0.4, -0.2) is 51.7 Å². The van der Waals surface area contributed by atoms with Gasteiger partial charge in [-0.25, -0.2) is 4.39 Å². The first-order chi connectivity index (χ1) is 11.5. The Bertz CT molecular complexity index is 706. The molecule has 1 saturated heterocycles. The zero-order valence-electron chi connectivity index (χ0n) is 13.6. The fourth-order valence-electron chi connectivity index (χ4n) is 2.84. The summed E-state index contributed by atoms with van der Waals surface area (Å²) in [6.45, 7) is 5.33. The minimum absolute atomic E-state index is 0.0275. The van der Waals surface area contributed by atoms with E-state index in [2.05, 4.69) is 10.00 Å². The Morgan fingerprint density at radius 3 is 2.58 bits per heavy atom. The van der Waals surface area contributed by atoms with Gasteiger partial charge in [0.15, 0.2) is 0 Å². The smallest absolute Gasteiger partial charge is 0.244 e. The Hall–Kier alpha value is -1.92. The fourth-order valence-corrected chi connectivity index (χ4v) is 2.99. The Morgan fingerprint density at radius 1 is 1.25 bits per heavy atom. The number of rotatable bonds is 4. The summed E-state index contributed by atoms with van der Waals surface area (Å²) in [7, 11) is 0. The van der Waals surface area contributed by atoms with E-state index in [1.54, 1.807) is 23.0 Å². The van der Waals surface area contributed by atoms with Crippen molar-refractivity contribution in [2.24, 2.45) is 0 Å². The molecule has 1 aliphatic rings. The van der Waals surface area contributed by atoms with Crippen LogP contribution in [0.25, 0.3) is 0 Å². The number of hydrogen-bond donors (Lipinski definition) is 0. The molecule has 0 bridgehead atoms. The maximum absolute atomic E-state index is 13.7. The molecule has 0 spiro atoms. The van der Waals surface area contributed by atoms with Gasteiger partial charge in [-0.3, -0.25) is 14.4 Å². The first kappa shape index (κ1) is 16.9. The van der Waals surface area contributed by atoms with Gasteiger partial charge in [-0.05, 0) is 13.0 Å². The van der Waals surface area contributed by atoms with Crippen molar-refractivity contribution in [1.29, 1.82) is 0 Å². The molecule has 7 heteroatoms. The number of piperazine rings is 1. The lowest BCUT2D eigenvalue weighted by Gasteiger charge is -2.34. The molecule has 0 unspecified atom stereocenters. The van der Waals surface area contributed by atoms with Gasteiger partial charge < -0.3 is 4.90 Å². The van der Waals surface area contributed by atoms with Gasteiger partial charge in [0.2, 0.25) is 5.91 Å². The molecule has 24 heavy (non-hydrogen) atoms. The fraction of sp³-hybridized carbons (Fsp3) is 0.412. The van der Waals surface area contributed by atoms with Crippen molar-refractivity contribution < 1.29 is 9.18 Å². The van der Waals surface area contributed by atoms with Crippen molar-refractivity contribution >= 4 is 17.5 Å². The molecule has 5 nitrogen and oxygen atoms in total. The van der Waals surface area contributed by atoms with E-state index in [1.165, 1.54) is 6.07 Å². The van der Waals surface area contributed by atoms with Crippen LogP contribution in [0.15, 0.2) is 30.5 Å². The summed E-state index contributed by atoms with van der Waals surface area (Å²) in [6, 6.07) is 6.82. The number of carbonyl (C=O) groups excluding carboxylic acids is 1. The standard InChI is InChI=1S/C17H20ClFN4O/c1-13-15(18)11-23(20-13)12-17(24)22-8-6-21(7-9-22)10-14-4-2-3-5-16(14)19/h2-5,11H,6-10,12H2,1H3. The van der Waals surface area contributed by atoms with Crippen molar-refractivity contribution in [2.75, 3.05) is 26.2 Å². The molecule has 1 aromatic heterocycles. The molecule has 1 amide bonds. The summed E-state index contributed by atoms with van der Waals surface area (Å²) in [5, 5.41) is 4.78. The van der Waals surface area contributed by atoms with Crippen LogP contribution in [-0.2, 0) is 17.9 Å². The zero-order valence-corrected chi connectivity index (χ0v) is 14.3. The van der Waals surface area contributed by atoms with Crippen molar-refractivity contribution in [3.63, 3.8) is 0 Å². The molecule has 0 aliphatic carbocycles. The Morgan fingerprint density at radius 2 is 1.96 bits per heavy atom. The molecule has 0 atom stereocenters. The number of benzene rings is 1. The predicted molar refractivity (Wildman–Crippen MR) is 90.2 cm³/mol. The number of amides is 1. The van der Waals surface area contributed by atoms with Gasteiger partial charge >= 0.3 is 0 Å². The van der Waals surface area contributed by atoms with Gasteiger partial charge in [0, 0.05) is 44.5 Å². The molecule has 1 aromatic carbocycles. The number of halogens is 2. The number of nitrogens with zero attached hydrogens (tertiary/aromatic N) is 4. The lowest BCUT2D eigenvalue weighted by Crippen LogP contribution is -2.49. The van der Waals surface area contributed by atoms with E-state index in [0.29, 0.717) is 30.2 Å². The van der Waals surface area contributed by atoms with E-state index in [-0.39, 0.29) is 18.3 Å². The van der Waals surface area contributed by atoms with Crippen LogP contribution in [0.3, 0.4) is 0 Å². The molecule has 1 fully saturated rings. The topological polar surface area (TPSA) is 41.4 Å². The zero-order chi connectivity index (χ0) is 17.1. The second kappa shape index (κ2) is 7.32. The lowest BCUT2D eigenvalue weighted by atomic mass is 10.2. The number of carbonyl (C=O) groups is 1. The summed E-state index contributed by atoms with van der Waals surface area (Å²) < 4.78 is 15.3. The van der Waals surface area contributed by atoms with Crippen LogP contribution >= 0.6 is 11.6 Å². The quantitative estimate of drug-likeness (QED) is 0.849. The second-order valence-electron chi connectivity index (χ2n) is 6.01. The minimum atomic E-state index is -0.179. The normalized spacial score (nSPS) is 15.7. The van der Waals surface area contributed by atoms with Crippen molar-refractivity contribution in [1.82, 2.24) is 19.6 Å². The average molecular weight is 351 g/mol. The number of aryl methyl sites for hydroxylation is 1. The lowest BCUT2D eigenvalue weighted by molar-refractivity contribution is -0.133. The van der Waals surface area contributed by atoms with E-state index < -0.39 is 0 Å². The first-order valence-corrected chi connectivity index (χ1v) is 8.34. The third-order valence-electron chi connectivity index (χ3n) is 4.26. The molecule has 128 valence electrons. The van der Waals surface area contributed by atoms with Crippen LogP contribution in [0, 0.1) is 12.7 Å². The molecule has 3 rings (SSSR count). The highest BCUT2D eigenvalue weighted by atomic mass is 35.5. The Kier molecular flexibility index (Phi) is 5.16. The Balaban J connectivity index is 1.51. The highest BCUT2D eigenvalue weighted by molar-refractivity contribution is 6.31. The van der Waals surface area contributed by atoms with Crippen LogP contribution in [0.5, 0.6) is 0 Å². The average Bonchev–Trinajstić information content (AvgIpc) is 2.88. The molecule has 0 N–H and O–H groups in total. The van der Waals surface area contributed by atoms with E-state index in [4.69, 9.17) is 11.6 Å². The van der Waals surface area contributed by atoms with Gasteiger partial charge in [0.1, 0.15) is 12.4 Å². The Labute approximate surface area is 145 Å². The van der Waals surface area contributed by atoms with Crippen LogP contribution < -0.4 is 0 Å². The van der Waals surface area contributed by atoms with Gasteiger partial charge in [-0.15, -0.1) is 0 Å². The van der Waals surface area contributed by atoms with Crippen molar-refractivity contribution in [3.8, 4) is 0 Å². The molecular formula is C17H20ClFN4O. The summed E-state index contributed by atoms with van der Waals surface area (Å²) in [6.07, 6.45) is 1.67. The second-order valence-corrected chi connectivity index (χ2v) is 6.42. The SMILES string of the molecule is Cc1nn(CC(=O)N2CCN(Cc3ccccc3F)CC2)cc1Cl. The number of aromatic nitrogens is 2.